The number of piperidine rings is 2. The SMILES string of the molecule is Cl.Cl.c1cc2[nH]c3ccc(CCCCN4CCCCC4)cc3c2cc1CCCCN1CCCCC1. The highest BCUT2D eigenvalue weighted by Crippen LogP contribution is 2.28. The Labute approximate surface area is 224 Å². The first-order valence-corrected chi connectivity index (χ1v) is 13.8. The number of likely N-dealkylation sites (tertiary alicyclic amines) is 2. The van der Waals surface area contributed by atoms with Gasteiger partial charge in [0.1, 0.15) is 0 Å². The van der Waals surface area contributed by atoms with Crippen molar-refractivity contribution in [3.8, 4) is 0 Å². The Hall–Kier alpha value is -1.26. The first kappa shape index (κ1) is 28.3. The number of unbranched alkanes of at least 4 members (excludes halogenated alkanes) is 2. The van der Waals surface area contributed by atoms with E-state index in [1.165, 1.54) is 149 Å². The van der Waals surface area contributed by atoms with Crippen LogP contribution in [0.5, 0.6) is 0 Å². The topological polar surface area (TPSA) is 22.3 Å². The molecule has 2 aliphatic heterocycles. The van der Waals surface area contributed by atoms with Crippen LogP contribution in [0.25, 0.3) is 21.8 Å². The summed E-state index contributed by atoms with van der Waals surface area (Å²) in [7, 11) is 0. The van der Waals surface area contributed by atoms with E-state index in [1.807, 2.05) is 0 Å². The standard InChI is InChI=1S/C30H43N3.2ClH/c1-5-17-32(18-6-1)21-9-3-11-25-13-15-29-27(23-25)28-24-26(14-16-30(28)31-29)12-4-10-22-33-19-7-2-8-20-33;;/h13-16,23-24,31H,1-12,17-22H2;2*1H. The van der Waals surface area contributed by atoms with Crippen molar-refractivity contribution in [2.75, 3.05) is 39.3 Å². The second-order valence-electron chi connectivity index (χ2n) is 10.6. The number of hydrogen-bond acceptors (Lipinski definition) is 2. The Morgan fingerprint density at radius 3 is 1.40 bits per heavy atom. The predicted molar refractivity (Wildman–Crippen MR) is 157 cm³/mol. The summed E-state index contributed by atoms with van der Waals surface area (Å²) in [5.41, 5.74) is 5.55. The van der Waals surface area contributed by atoms with Crippen LogP contribution in [0.1, 0.15) is 75.3 Å². The van der Waals surface area contributed by atoms with Crippen LogP contribution >= 0.6 is 24.8 Å². The number of halogens is 2. The summed E-state index contributed by atoms with van der Waals surface area (Å²) in [6, 6.07) is 14.2. The van der Waals surface area contributed by atoms with Crippen molar-refractivity contribution in [3.05, 3.63) is 47.5 Å². The van der Waals surface area contributed by atoms with Gasteiger partial charge in [0.2, 0.25) is 0 Å². The molecule has 2 fully saturated rings. The van der Waals surface area contributed by atoms with Crippen molar-refractivity contribution in [1.29, 1.82) is 0 Å². The Balaban J connectivity index is 0.00000171. The maximum atomic E-state index is 3.64. The average molecular weight is 519 g/mol. The van der Waals surface area contributed by atoms with E-state index in [9.17, 15) is 0 Å². The summed E-state index contributed by atoms with van der Waals surface area (Å²) in [4.78, 5) is 8.97. The number of aromatic amines is 1. The van der Waals surface area contributed by atoms with Gasteiger partial charge in [-0.25, -0.2) is 0 Å². The zero-order chi connectivity index (χ0) is 22.3. The average Bonchev–Trinajstić information content (AvgIpc) is 3.23. The van der Waals surface area contributed by atoms with Crippen LogP contribution < -0.4 is 0 Å². The molecule has 3 aromatic rings. The highest BCUT2D eigenvalue weighted by molar-refractivity contribution is 6.07. The molecule has 3 heterocycles. The molecule has 35 heavy (non-hydrogen) atoms. The van der Waals surface area contributed by atoms with Crippen LogP contribution in [0.15, 0.2) is 36.4 Å². The number of H-pyrrole nitrogens is 1. The molecule has 1 N–H and O–H groups in total. The highest BCUT2D eigenvalue weighted by Gasteiger charge is 2.11. The van der Waals surface area contributed by atoms with Gasteiger partial charge in [0, 0.05) is 21.8 Å². The lowest BCUT2D eigenvalue weighted by atomic mass is 10.0. The molecule has 0 radical (unpaired) electrons. The maximum absolute atomic E-state index is 3.64. The maximum Gasteiger partial charge on any atom is 0.0465 e. The van der Waals surface area contributed by atoms with Gasteiger partial charge in [-0.3, -0.25) is 0 Å². The summed E-state index contributed by atoms with van der Waals surface area (Å²) in [6.45, 7) is 7.86. The molecule has 0 amide bonds. The molecule has 194 valence electrons. The third-order valence-electron chi connectivity index (χ3n) is 8.00. The highest BCUT2D eigenvalue weighted by atomic mass is 35.5. The summed E-state index contributed by atoms with van der Waals surface area (Å²) in [6.07, 6.45) is 16.1. The van der Waals surface area contributed by atoms with E-state index in [2.05, 4.69) is 51.2 Å². The van der Waals surface area contributed by atoms with E-state index >= 15 is 0 Å². The number of hydrogen-bond donors (Lipinski definition) is 1. The smallest absolute Gasteiger partial charge is 0.0465 e. The number of aromatic nitrogens is 1. The van der Waals surface area contributed by atoms with Crippen LogP contribution in [0.3, 0.4) is 0 Å². The second-order valence-corrected chi connectivity index (χ2v) is 10.6. The fourth-order valence-corrected chi connectivity index (χ4v) is 6.00. The molecule has 0 aliphatic carbocycles. The molecule has 5 heteroatoms. The molecule has 5 rings (SSSR count). The molecule has 0 bridgehead atoms. The first-order valence-electron chi connectivity index (χ1n) is 13.8. The zero-order valence-electron chi connectivity index (χ0n) is 21.4. The van der Waals surface area contributed by atoms with Gasteiger partial charge in [0.15, 0.2) is 0 Å². The van der Waals surface area contributed by atoms with Gasteiger partial charge in [0.05, 0.1) is 0 Å². The zero-order valence-corrected chi connectivity index (χ0v) is 23.0. The second kappa shape index (κ2) is 14.5. The molecule has 1 aromatic heterocycles. The third kappa shape index (κ3) is 7.86. The lowest BCUT2D eigenvalue weighted by Crippen LogP contribution is -2.30. The number of nitrogens with zero attached hydrogens (tertiary/aromatic N) is 2. The molecule has 0 spiro atoms. The summed E-state index contributed by atoms with van der Waals surface area (Å²) >= 11 is 0. The minimum absolute atomic E-state index is 0. The van der Waals surface area contributed by atoms with E-state index in [4.69, 9.17) is 0 Å². The summed E-state index contributed by atoms with van der Waals surface area (Å²) in [5.74, 6) is 0. The monoisotopic (exact) mass is 517 g/mol. The van der Waals surface area contributed by atoms with Gasteiger partial charge < -0.3 is 14.8 Å². The van der Waals surface area contributed by atoms with Crippen molar-refractivity contribution in [2.45, 2.75) is 77.0 Å². The molecule has 2 aliphatic rings. The normalized spacial score (nSPS) is 17.4. The Bertz CT molecular complexity index is 939. The number of rotatable bonds is 10. The molecule has 0 saturated carbocycles. The van der Waals surface area contributed by atoms with E-state index in [0.717, 1.165) is 0 Å². The van der Waals surface area contributed by atoms with Crippen LogP contribution in [-0.4, -0.2) is 54.1 Å². The lowest BCUT2D eigenvalue weighted by Gasteiger charge is -2.26. The van der Waals surface area contributed by atoms with Crippen LogP contribution in [0.4, 0.5) is 0 Å². The van der Waals surface area contributed by atoms with Gasteiger partial charge in [-0.15, -0.1) is 24.8 Å². The predicted octanol–water partition coefficient (Wildman–Crippen LogP) is 7.78. The minimum atomic E-state index is 0. The van der Waals surface area contributed by atoms with E-state index in [0.29, 0.717) is 0 Å². The van der Waals surface area contributed by atoms with Crippen molar-refractivity contribution in [2.24, 2.45) is 0 Å². The summed E-state index contributed by atoms with van der Waals surface area (Å²) in [5, 5.41) is 2.82. The van der Waals surface area contributed by atoms with Gasteiger partial charge in [-0.1, -0.05) is 25.0 Å². The van der Waals surface area contributed by atoms with Gasteiger partial charge in [0.25, 0.3) is 0 Å². The number of nitrogens with one attached hydrogen (secondary N) is 1. The Morgan fingerprint density at radius 2 is 0.971 bits per heavy atom. The van der Waals surface area contributed by atoms with Gasteiger partial charge in [-0.2, -0.15) is 0 Å². The van der Waals surface area contributed by atoms with Crippen LogP contribution in [-0.2, 0) is 12.8 Å². The molecule has 3 nitrogen and oxygen atoms in total. The van der Waals surface area contributed by atoms with E-state index in [-0.39, 0.29) is 24.8 Å². The largest absolute Gasteiger partial charge is 0.355 e. The fraction of sp³-hybridized carbons (Fsp3) is 0.600. The summed E-state index contributed by atoms with van der Waals surface area (Å²) < 4.78 is 0. The number of benzene rings is 2. The van der Waals surface area contributed by atoms with Crippen molar-refractivity contribution in [3.63, 3.8) is 0 Å². The first-order chi connectivity index (χ1) is 16.3. The van der Waals surface area contributed by atoms with Gasteiger partial charge in [-0.05, 0) is 139 Å². The third-order valence-corrected chi connectivity index (χ3v) is 8.00. The quantitative estimate of drug-likeness (QED) is 0.277. The molecule has 0 atom stereocenters. The Kier molecular flexibility index (Phi) is 11.7. The number of aryl methyl sites for hydroxylation is 2. The number of fused-ring (bicyclic) bond motifs is 3. The molecule has 0 unspecified atom stereocenters. The van der Waals surface area contributed by atoms with Crippen molar-refractivity contribution < 1.29 is 0 Å². The van der Waals surface area contributed by atoms with Crippen LogP contribution in [0, 0.1) is 0 Å². The van der Waals surface area contributed by atoms with Crippen molar-refractivity contribution in [1.82, 2.24) is 14.8 Å². The molecule has 2 aromatic carbocycles. The Morgan fingerprint density at radius 1 is 0.543 bits per heavy atom. The lowest BCUT2D eigenvalue weighted by molar-refractivity contribution is 0.225. The van der Waals surface area contributed by atoms with E-state index in [1.54, 1.807) is 0 Å². The minimum Gasteiger partial charge on any atom is -0.355 e. The molecule has 2 saturated heterocycles. The molecular weight excluding hydrogens is 473 g/mol. The molecular formula is C30H45Cl2N3. The van der Waals surface area contributed by atoms with Crippen LogP contribution in [0.2, 0.25) is 0 Å². The fourth-order valence-electron chi connectivity index (χ4n) is 6.00. The van der Waals surface area contributed by atoms with Gasteiger partial charge >= 0.3 is 0 Å². The van der Waals surface area contributed by atoms with Crippen molar-refractivity contribution >= 4 is 46.6 Å². The van der Waals surface area contributed by atoms with E-state index < -0.39 is 0 Å².